The van der Waals surface area contributed by atoms with Gasteiger partial charge in [0.15, 0.2) is 0 Å². The number of anilines is 2. The molecule has 6 heteroatoms. The molecule has 1 aromatic carbocycles. The molecule has 1 heterocycles. The van der Waals surface area contributed by atoms with Crippen molar-refractivity contribution in [1.82, 2.24) is 9.97 Å². The van der Waals surface area contributed by atoms with Gasteiger partial charge in [0.1, 0.15) is 0 Å². The minimum absolute atomic E-state index is 0.0286. The van der Waals surface area contributed by atoms with Crippen LogP contribution >= 0.6 is 0 Å². The summed E-state index contributed by atoms with van der Waals surface area (Å²) in [6, 6.07) is 7.86. The monoisotopic (exact) mass is 216 g/mol. The molecular formula is C10H8N4O2. The summed E-state index contributed by atoms with van der Waals surface area (Å²) in [6.45, 7) is 0. The Morgan fingerprint density at radius 1 is 1.19 bits per heavy atom. The minimum Gasteiger partial charge on any atom is -0.324 e. The van der Waals surface area contributed by atoms with Crippen LogP contribution in [0, 0.1) is 10.1 Å². The first-order valence-electron chi connectivity index (χ1n) is 4.54. The van der Waals surface area contributed by atoms with Gasteiger partial charge >= 0.3 is 0 Å². The van der Waals surface area contributed by atoms with E-state index >= 15 is 0 Å². The summed E-state index contributed by atoms with van der Waals surface area (Å²) in [6.07, 6.45) is 3.18. The van der Waals surface area contributed by atoms with Crippen molar-refractivity contribution in [3.63, 3.8) is 0 Å². The zero-order valence-electron chi connectivity index (χ0n) is 8.20. The van der Waals surface area contributed by atoms with Gasteiger partial charge in [-0.25, -0.2) is 9.97 Å². The van der Waals surface area contributed by atoms with Crippen molar-refractivity contribution in [2.75, 3.05) is 5.32 Å². The standard InChI is InChI=1S/C10H8N4O2/c15-14(16)9-4-1-3-8(7-9)13-10-11-5-2-6-12-10/h1-7H,(H,11,12,13). The Bertz CT molecular complexity index is 501. The van der Waals surface area contributed by atoms with Crippen LogP contribution in [0.2, 0.25) is 0 Å². The van der Waals surface area contributed by atoms with E-state index in [0.717, 1.165) is 0 Å². The average Bonchev–Trinajstić information content (AvgIpc) is 2.30. The van der Waals surface area contributed by atoms with Gasteiger partial charge in [-0.05, 0) is 12.1 Å². The summed E-state index contributed by atoms with van der Waals surface area (Å²) in [7, 11) is 0. The highest BCUT2D eigenvalue weighted by atomic mass is 16.6. The van der Waals surface area contributed by atoms with Gasteiger partial charge in [0.25, 0.3) is 5.69 Å². The summed E-state index contributed by atoms with van der Waals surface area (Å²) in [5.41, 5.74) is 0.612. The smallest absolute Gasteiger partial charge is 0.271 e. The second-order valence-electron chi connectivity index (χ2n) is 3.00. The first-order chi connectivity index (χ1) is 7.75. The molecule has 0 bridgehead atoms. The molecule has 0 unspecified atom stereocenters. The van der Waals surface area contributed by atoms with E-state index in [1.807, 2.05) is 0 Å². The Morgan fingerprint density at radius 3 is 2.62 bits per heavy atom. The van der Waals surface area contributed by atoms with Gasteiger partial charge in [0.2, 0.25) is 5.95 Å². The zero-order valence-corrected chi connectivity index (χ0v) is 8.20. The van der Waals surface area contributed by atoms with Crippen LogP contribution in [0.4, 0.5) is 17.3 Å². The maximum absolute atomic E-state index is 10.6. The molecule has 1 N–H and O–H groups in total. The first kappa shape index (κ1) is 10.0. The van der Waals surface area contributed by atoms with Crippen molar-refractivity contribution in [3.8, 4) is 0 Å². The van der Waals surface area contributed by atoms with Crippen LogP contribution in [0.15, 0.2) is 42.7 Å². The Labute approximate surface area is 91.1 Å². The van der Waals surface area contributed by atoms with Crippen molar-refractivity contribution in [2.24, 2.45) is 0 Å². The highest BCUT2D eigenvalue weighted by Gasteiger charge is 2.05. The number of hydrogen-bond donors (Lipinski definition) is 1. The number of nitrogens with one attached hydrogen (secondary N) is 1. The van der Waals surface area contributed by atoms with Crippen LogP contribution in [0.5, 0.6) is 0 Å². The Hall–Kier alpha value is -2.50. The number of hydrogen-bond acceptors (Lipinski definition) is 5. The molecule has 0 amide bonds. The van der Waals surface area contributed by atoms with Gasteiger partial charge in [0.05, 0.1) is 4.92 Å². The summed E-state index contributed by atoms with van der Waals surface area (Å²) < 4.78 is 0. The van der Waals surface area contributed by atoms with Crippen LogP contribution in [-0.2, 0) is 0 Å². The molecule has 2 aromatic rings. The first-order valence-corrected chi connectivity index (χ1v) is 4.54. The van der Waals surface area contributed by atoms with E-state index in [1.54, 1.807) is 30.6 Å². The number of nitro benzene ring substituents is 1. The van der Waals surface area contributed by atoms with Gasteiger partial charge in [-0.1, -0.05) is 6.07 Å². The second-order valence-corrected chi connectivity index (χ2v) is 3.00. The predicted molar refractivity (Wildman–Crippen MR) is 58.4 cm³/mol. The number of aromatic nitrogens is 2. The van der Waals surface area contributed by atoms with Gasteiger partial charge in [0, 0.05) is 30.2 Å². The van der Waals surface area contributed by atoms with Crippen LogP contribution in [-0.4, -0.2) is 14.9 Å². The molecule has 0 radical (unpaired) electrons. The van der Waals surface area contributed by atoms with E-state index < -0.39 is 4.92 Å². The number of nitro groups is 1. The van der Waals surface area contributed by atoms with Crippen LogP contribution in [0.25, 0.3) is 0 Å². The molecule has 80 valence electrons. The third kappa shape index (κ3) is 2.30. The lowest BCUT2D eigenvalue weighted by Crippen LogP contribution is -1.96. The summed E-state index contributed by atoms with van der Waals surface area (Å²) in [5, 5.41) is 13.4. The maximum Gasteiger partial charge on any atom is 0.271 e. The molecule has 6 nitrogen and oxygen atoms in total. The van der Waals surface area contributed by atoms with Crippen molar-refractivity contribution in [1.29, 1.82) is 0 Å². The Morgan fingerprint density at radius 2 is 1.94 bits per heavy atom. The van der Waals surface area contributed by atoms with Crippen molar-refractivity contribution in [2.45, 2.75) is 0 Å². The van der Waals surface area contributed by atoms with E-state index in [4.69, 9.17) is 0 Å². The molecule has 0 saturated heterocycles. The van der Waals surface area contributed by atoms with Gasteiger partial charge in [-0.3, -0.25) is 10.1 Å². The van der Waals surface area contributed by atoms with E-state index in [9.17, 15) is 10.1 Å². The lowest BCUT2D eigenvalue weighted by molar-refractivity contribution is -0.384. The highest BCUT2D eigenvalue weighted by Crippen LogP contribution is 2.18. The van der Waals surface area contributed by atoms with Crippen molar-refractivity contribution in [3.05, 3.63) is 52.8 Å². The average molecular weight is 216 g/mol. The number of rotatable bonds is 3. The van der Waals surface area contributed by atoms with E-state index in [1.165, 1.54) is 12.1 Å². The highest BCUT2D eigenvalue weighted by molar-refractivity contribution is 5.57. The fraction of sp³-hybridized carbons (Fsp3) is 0. The molecule has 0 aliphatic carbocycles. The minimum atomic E-state index is -0.447. The van der Waals surface area contributed by atoms with Crippen molar-refractivity contribution < 1.29 is 4.92 Å². The molecule has 0 saturated carbocycles. The number of non-ortho nitro benzene ring substituents is 1. The Kier molecular flexibility index (Phi) is 2.73. The molecule has 0 atom stereocenters. The Balaban J connectivity index is 2.22. The SMILES string of the molecule is O=[N+]([O-])c1cccc(Nc2ncccn2)c1. The third-order valence-electron chi connectivity index (χ3n) is 1.88. The lowest BCUT2D eigenvalue weighted by atomic mass is 10.3. The largest absolute Gasteiger partial charge is 0.324 e. The topological polar surface area (TPSA) is 81.0 Å². The zero-order chi connectivity index (χ0) is 11.4. The van der Waals surface area contributed by atoms with Gasteiger partial charge in [-0.15, -0.1) is 0 Å². The van der Waals surface area contributed by atoms with E-state index in [2.05, 4.69) is 15.3 Å². The van der Waals surface area contributed by atoms with E-state index in [0.29, 0.717) is 11.6 Å². The van der Waals surface area contributed by atoms with Gasteiger partial charge in [-0.2, -0.15) is 0 Å². The number of nitrogens with zero attached hydrogens (tertiary/aromatic N) is 3. The summed E-state index contributed by atoms with van der Waals surface area (Å²) >= 11 is 0. The molecule has 0 fully saturated rings. The van der Waals surface area contributed by atoms with Crippen LogP contribution in [0.3, 0.4) is 0 Å². The van der Waals surface area contributed by atoms with E-state index in [-0.39, 0.29) is 5.69 Å². The fourth-order valence-electron chi connectivity index (χ4n) is 1.19. The maximum atomic E-state index is 10.6. The molecule has 0 spiro atoms. The van der Waals surface area contributed by atoms with Crippen molar-refractivity contribution >= 4 is 17.3 Å². The molecule has 0 aliphatic rings. The summed E-state index contributed by atoms with van der Waals surface area (Å²) in [4.78, 5) is 18.0. The van der Waals surface area contributed by atoms with Gasteiger partial charge < -0.3 is 5.32 Å². The molecular weight excluding hydrogens is 208 g/mol. The quantitative estimate of drug-likeness (QED) is 0.627. The third-order valence-corrected chi connectivity index (χ3v) is 1.88. The molecule has 0 aliphatic heterocycles. The van der Waals surface area contributed by atoms with Crippen LogP contribution < -0.4 is 5.32 Å². The lowest BCUT2D eigenvalue weighted by Gasteiger charge is -2.02. The normalized spacial score (nSPS) is 9.75. The van der Waals surface area contributed by atoms with Crippen LogP contribution in [0.1, 0.15) is 0 Å². The predicted octanol–water partition coefficient (Wildman–Crippen LogP) is 2.13. The second kappa shape index (κ2) is 4.35. The number of benzene rings is 1. The molecule has 1 aromatic heterocycles. The molecule has 2 rings (SSSR count). The fourth-order valence-corrected chi connectivity index (χ4v) is 1.19. The molecule has 16 heavy (non-hydrogen) atoms. The summed E-state index contributed by atoms with van der Waals surface area (Å²) in [5.74, 6) is 0.406.